The van der Waals surface area contributed by atoms with Gasteiger partial charge in [0.1, 0.15) is 6.42 Å². The molecule has 0 fully saturated rings. The van der Waals surface area contributed by atoms with Gasteiger partial charge in [0.15, 0.2) is 0 Å². The van der Waals surface area contributed by atoms with Gasteiger partial charge in [0.25, 0.3) is 0 Å². The van der Waals surface area contributed by atoms with Crippen LogP contribution in [0, 0.1) is 11.3 Å². The van der Waals surface area contributed by atoms with E-state index in [-0.39, 0.29) is 6.42 Å². The van der Waals surface area contributed by atoms with Gasteiger partial charge in [0.05, 0.1) is 18.7 Å². The number of nitrogens with zero attached hydrogens (tertiary/aromatic N) is 1. The summed E-state index contributed by atoms with van der Waals surface area (Å²) in [5.41, 5.74) is 0.920. The van der Waals surface area contributed by atoms with Crippen LogP contribution in [0.3, 0.4) is 0 Å². The Morgan fingerprint density at radius 1 is 1.50 bits per heavy atom. The van der Waals surface area contributed by atoms with Crippen molar-refractivity contribution in [2.24, 2.45) is 0 Å². The molecule has 0 radical (unpaired) electrons. The van der Waals surface area contributed by atoms with Crippen molar-refractivity contribution in [1.29, 1.82) is 5.26 Å². The minimum atomic E-state index is -0.603. The molecule has 0 bridgehead atoms. The van der Waals surface area contributed by atoms with Gasteiger partial charge in [-0.3, -0.25) is 9.59 Å². The lowest BCUT2D eigenvalue weighted by Crippen LogP contribution is -2.17. The monoisotopic (exact) mass is 218 g/mol. The molecule has 0 atom stereocenters. The molecule has 0 saturated heterocycles. The molecule has 0 heterocycles. The molecule has 0 aliphatic carbocycles. The number of hydrogen-bond donors (Lipinski definition) is 1. The van der Waals surface area contributed by atoms with Crippen molar-refractivity contribution in [3.05, 3.63) is 29.8 Å². The van der Waals surface area contributed by atoms with Crippen molar-refractivity contribution in [2.45, 2.75) is 6.42 Å². The van der Waals surface area contributed by atoms with Crippen LogP contribution in [0.15, 0.2) is 24.3 Å². The topological polar surface area (TPSA) is 79.2 Å². The lowest BCUT2D eigenvalue weighted by Gasteiger charge is -2.04. The highest BCUT2D eigenvalue weighted by Crippen LogP contribution is 2.09. The molecule has 0 aliphatic heterocycles. The number of nitrogens with one attached hydrogen (secondary N) is 1. The first-order valence-electron chi connectivity index (χ1n) is 4.52. The molecule has 0 spiro atoms. The Morgan fingerprint density at radius 3 is 2.88 bits per heavy atom. The molecular formula is C11H10N2O3. The second-order valence-corrected chi connectivity index (χ2v) is 2.99. The first kappa shape index (κ1) is 11.7. The summed E-state index contributed by atoms with van der Waals surface area (Å²) in [4.78, 5) is 22.1. The third-order valence-corrected chi connectivity index (χ3v) is 1.81. The Kier molecular flexibility index (Phi) is 4.04. The summed E-state index contributed by atoms with van der Waals surface area (Å²) in [6, 6.07) is 8.37. The summed E-state index contributed by atoms with van der Waals surface area (Å²) in [6.45, 7) is 0. The number of rotatable bonds is 3. The molecule has 0 aliphatic rings. The number of benzene rings is 1. The number of hydrogen-bond acceptors (Lipinski definition) is 4. The number of nitriles is 1. The van der Waals surface area contributed by atoms with E-state index in [2.05, 4.69) is 10.1 Å². The lowest BCUT2D eigenvalue weighted by molar-refractivity contribution is -0.142. The van der Waals surface area contributed by atoms with Gasteiger partial charge in [-0.25, -0.2) is 0 Å². The summed E-state index contributed by atoms with van der Waals surface area (Å²) in [5, 5.41) is 11.1. The lowest BCUT2D eigenvalue weighted by atomic mass is 10.2. The van der Waals surface area contributed by atoms with Crippen molar-refractivity contribution in [1.82, 2.24) is 0 Å². The first-order chi connectivity index (χ1) is 7.65. The van der Waals surface area contributed by atoms with E-state index >= 15 is 0 Å². The number of amides is 1. The zero-order valence-electron chi connectivity index (χ0n) is 8.69. The van der Waals surface area contributed by atoms with Crippen LogP contribution in [0.1, 0.15) is 12.0 Å². The number of anilines is 1. The first-order valence-corrected chi connectivity index (χ1v) is 4.52. The van der Waals surface area contributed by atoms with Gasteiger partial charge >= 0.3 is 5.97 Å². The highest BCUT2D eigenvalue weighted by Gasteiger charge is 2.09. The van der Waals surface area contributed by atoms with Gasteiger partial charge in [0, 0.05) is 5.69 Å². The summed E-state index contributed by atoms with van der Waals surface area (Å²) < 4.78 is 4.35. The summed E-state index contributed by atoms with van der Waals surface area (Å²) in [5.74, 6) is -1.07. The van der Waals surface area contributed by atoms with Crippen molar-refractivity contribution in [3.63, 3.8) is 0 Å². The second-order valence-electron chi connectivity index (χ2n) is 2.99. The fourth-order valence-electron chi connectivity index (χ4n) is 1.07. The zero-order valence-corrected chi connectivity index (χ0v) is 8.69. The third kappa shape index (κ3) is 3.42. The second kappa shape index (κ2) is 5.51. The number of carbonyl (C=O) groups excluding carboxylic acids is 2. The van der Waals surface area contributed by atoms with Gasteiger partial charge in [-0.2, -0.15) is 5.26 Å². The zero-order chi connectivity index (χ0) is 12.0. The number of esters is 1. The number of methoxy groups -OCH3 is 1. The predicted molar refractivity (Wildman–Crippen MR) is 56.4 cm³/mol. The predicted octanol–water partition coefficient (Wildman–Crippen LogP) is 1.06. The molecule has 1 aromatic rings. The fraction of sp³-hybridized carbons (Fsp3) is 0.182. The summed E-state index contributed by atoms with van der Waals surface area (Å²) in [7, 11) is 1.21. The van der Waals surface area contributed by atoms with Crippen LogP contribution in [0.2, 0.25) is 0 Å². The SMILES string of the molecule is COC(=O)CC(=O)Nc1cccc(C#N)c1. The van der Waals surface area contributed by atoms with E-state index in [1.54, 1.807) is 18.2 Å². The van der Waals surface area contributed by atoms with E-state index in [0.29, 0.717) is 11.3 Å². The highest BCUT2D eigenvalue weighted by atomic mass is 16.5. The Hall–Kier alpha value is -2.35. The average Bonchev–Trinajstić information content (AvgIpc) is 2.28. The standard InChI is InChI=1S/C11H10N2O3/c1-16-11(15)6-10(14)13-9-4-2-3-8(5-9)7-12/h2-5H,6H2,1H3,(H,13,14). The average molecular weight is 218 g/mol. The van der Waals surface area contributed by atoms with Crippen molar-refractivity contribution < 1.29 is 14.3 Å². The number of ether oxygens (including phenoxy) is 1. The molecule has 1 aromatic carbocycles. The van der Waals surface area contributed by atoms with Gasteiger partial charge in [-0.05, 0) is 18.2 Å². The van der Waals surface area contributed by atoms with E-state index in [4.69, 9.17) is 5.26 Å². The van der Waals surface area contributed by atoms with E-state index in [1.807, 2.05) is 6.07 Å². The Labute approximate surface area is 92.6 Å². The maximum Gasteiger partial charge on any atom is 0.315 e. The maximum atomic E-state index is 11.3. The normalized spacial score (nSPS) is 9.00. The van der Waals surface area contributed by atoms with Gasteiger partial charge in [0.2, 0.25) is 5.91 Å². The quantitative estimate of drug-likeness (QED) is 0.607. The highest BCUT2D eigenvalue weighted by molar-refractivity contribution is 6.01. The molecule has 0 saturated carbocycles. The fourth-order valence-corrected chi connectivity index (χ4v) is 1.07. The van der Waals surface area contributed by atoms with Gasteiger partial charge < -0.3 is 10.1 Å². The summed E-state index contributed by atoms with van der Waals surface area (Å²) in [6.07, 6.45) is -0.340. The van der Waals surface area contributed by atoms with Crippen LogP contribution in [-0.2, 0) is 14.3 Å². The van der Waals surface area contributed by atoms with Crippen LogP contribution in [0.25, 0.3) is 0 Å². The summed E-state index contributed by atoms with van der Waals surface area (Å²) >= 11 is 0. The van der Waals surface area contributed by atoms with Crippen LogP contribution < -0.4 is 5.32 Å². The molecule has 5 nitrogen and oxygen atoms in total. The van der Waals surface area contributed by atoms with E-state index < -0.39 is 11.9 Å². The number of carbonyl (C=O) groups is 2. The van der Waals surface area contributed by atoms with Gasteiger partial charge in [-0.15, -0.1) is 0 Å². The van der Waals surface area contributed by atoms with Crippen molar-refractivity contribution >= 4 is 17.6 Å². The van der Waals surface area contributed by atoms with Crippen LogP contribution in [-0.4, -0.2) is 19.0 Å². The molecule has 16 heavy (non-hydrogen) atoms. The molecule has 1 amide bonds. The Balaban J connectivity index is 2.63. The van der Waals surface area contributed by atoms with Gasteiger partial charge in [-0.1, -0.05) is 6.07 Å². The van der Waals surface area contributed by atoms with E-state index in [1.165, 1.54) is 13.2 Å². The largest absolute Gasteiger partial charge is 0.469 e. The molecular weight excluding hydrogens is 208 g/mol. The Bertz CT molecular complexity index is 449. The molecule has 5 heteroatoms. The third-order valence-electron chi connectivity index (χ3n) is 1.81. The molecule has 0 aromatic heterocycles. The minimum absolute atomic E-state index is 0.340. The molecule has 82 valence electrons. The Morgan fingerprint density at radius 2 is 2.25 bits per heavy atom. The van der Waals surface area contributed by atoms with E-state index in [9.17, 15) is 9.59 Å². The van der Waals surface area contributed by atoms with Crippen LogP contribution >= 0.6 is 0 Å². The van der Waals surface area contributed by atoms with Crippen molar-refractivity contribution in [3.8, 4) is 6.07 Å². The maximum absolute atomic E-state index is 11.3. The molecule has 0 unspecified atom stereocenters. The van der Waals surface area contributed by atoms with Crippen molar-refractivity contribution in [2.75, 3.05) is 12.4 Å². The minimum Gasteiger partial charge on any atom is -0.469 e. The molecule has 1 rings (SSSR count). The van der Waals surface area contributed by atoms with Crippen LogP contribution in [0.5, 0.6) is 0 Å². The van der Waals surface area contributed by atoms with Crippen LogP contribution in [0.4, 0.5) is 5.69 Å². The smallest absolute Gasteiger partial charge is 0.315 e. The van der Waals surface area contributed by atoms with E-state index in [0.717, 1.165) is 0 Å². The molecule has 1 N–H and O–H groups in total.